The van der Waals surface area contributed by atoms with E-state index in [1.54, 1.807) is 18.3 Å². The third-order valence-corrected chi connectivity index (χ3v) is 3.77. The highest BCUT2D eigenvalue weighted by Crippen LogP contribution is 2.27. The van der Waals surface area contributed by atoms with Crippen molar-refractivity contribution in [2.24, 2.45) is 0 Å². The zero-order valence-electron chi connectivity index (χ0n) is 10.8. The summed E-state index contributed by atoms with van der Waals surface area (Å²) in [6.07, 6.45) is 1.65. The van der Waals surface area contributed by atoms with Crippen LogP contribution in [0.15, 0.2) is 22.9 Å². The second-order valence-electron chi connectivity index (χ2n) is 5.00. The number of carbonyl (C=O) groups is 1. The van der Waals surface area contributed by atoms with Crippen molar-refractivity contribution in [2.45, 2.75) is 26.2 Å². The third kappa shape index (κ3) is 3.16. The van der Waals surface area contributed by atoms with Crippen molar-refractivity contribution in [2.75, 3.05) is 5.32 Å². The minimum Gasteiger partial charge on any atom is -0.319 e. The fourth-order valence-electron chi connectivity index (χ4n) is 1.49. The number of hydrogen-bond acceptors (Lipinski definition) is 5. The topological polar surface area (TPSA) is 67.8 Å². The van der Waals surface area contributed by atoms with Gasteiger partial charge in [0.15, 0.2) is 0 Å². The second-order valence-corrected chi connectivity index (χ2v) is 6.50. The van der Waals surface area contributed by atoms with Crippen molar-refractivity contribution in [3.8, 4) is 0 Å². The van der Waals surface area contributed by atoms with E-state index in [1.165, 1.54) is 0 Å². The van der Waals surface area contributed by atoms with Gasteiger partial charge in [-0.3, -0.25) is 4.79 Å². The number of anilines is 1. The van der Waals surface area contributed by atoms with E-state index >= 15 is 0 Å². The molecule has 5 nitrogen and oxygen atoms in total. The van der Waals surface area contributed by atoms with Crippen LogP contribution in [0.1, 0.15) is 36.1 Å². The maximum Gasteiger partial charge on any atom is 0.269 e. The number of hydrogen-bond donors (Lipinski definition) is 1. The van der Waals surface area contributed by atoms with Crippen LogP contribution in [-0.2, 0) is 5.41 Å². The minimum absolute atomic E-state index is 0.214. The van der Waals surface area contributed by atoms with Gasteiger partial charge >= 0.3 is 0 Å². The van der Waals surface area contributed by atoms with Gasteiger partial charge in [-0.25, -0.2) is 4.98 Å². The van der Waals surface area contributed by atoms with E-state index in [-0.39, 0.29) is 11.3 Å². The molecule has 0 saturated carbocycles. The molecule has 7 heteroatoms. The SMILES string of the molecule is CC(C)(C)c1nnsc1C(=O)Nc1cccnc1Br. The van der Waals surface area contributed by atoms with E-state index < -0.39 is 0 Å². The lowest BCUT2D eigenvalue weighted by Crippen LogP contribution is -2.20. The lowest BCUT2D eigenvalue weighted by atomic mass is 9.91. The Morgan fingerprint density at radius 1 is 1.42 bits per heavy atom. The number of halogens is 1. The molecule has 0 saturated heterocycles. The largest absolute Gasteiger partial charge is 0.319 e. The standard InChI is InChI=1S/C12H13BrN4OS/c1-12(2,3)9-8(19-17-16-9)11(18)15-7-5-4-6-14-10(7)13/h4-6H,1-3H3,(H,15,18). The van der Waals surface area contributed by atoms with E-state index in [0.717, 1.165) is 11.5 Å². The van der Waals surface area contributed by atoms with E-state index in [9.17, 15) is 4.79 Å². The van der Waals surface area contributed by atoms with Crippen molar-refractivity contribution in [3.63, 3.8) is 0 Å². The molecule has 0 unspecified atom stereocenters. The summed E-state index contributed by atoms with van der Waals surface area (Å²) in [6.45, 7) is 6.00. The Hall–Kier alpha value is -1.34. The first-order chi connectivity index (χ1) is 8.89. The highest BCUT2D eigenvalue weighted by atomic mass is 79.9. The van der Waals surface area contributed by atoms with Crippen molar-refractivity contribution in [1.82, 2.24) is 14.6 Å². The Morgan fingerprint density at radius 2 is 2.16 bits per heavy atom. The van der Waals surface area contributed by atoms with Crippen LogP contribution >= 0.6 is 27.5 Å². The highest BCUT2D eigenvalue weighted by Gasteiger charge is 2.26. The number of rotatable bonds is 2. The van der Waals surface area contributed by atoms with Gasteiger partial charge in [0, 0.05) is 11.6 Å². The van der Waals surface area contributed by atoms with Gasteiger partial charge in [0.05, 0.1) is 11.4 Å². The van der Waals surface area contributed by atoms with Crippen LogP contribution in [0.2, 0.25) is 0 Å². The number of nitrogens with zero attached hydrogens (tertiary/aromatic N) is 3. The summed E-state index contributed by atoms with van der Waals surface area (Å²) in [4.78, 5) is 16.9. The van der Waals surface area contributed by atoms with Gasteiger partial charge in [-0.2, -0.15) is 0 Å². The van der Waals surface area contributed by atoms with Crippen molar-refractivity contribution < 1.29 is 4.79 Å². The average Bonchev–Trinajstić information content (AvgIpc) is 2.81. The molecule has 19 heavy (non-hydrogen) atoms. The molecular formula is C12H13BrN4OS. The van der Waals surface area contributed by atoms with Crippen molar-refractivity contribution in [1.29, 1.82) is 0 Å². The number of carbonyl (C=O) groups excluding carboxylic acids is 1. The van der Waals surface area contributed by atoms with E-state index in [4.69, 9.17) is 0 Å². The van der Waals surface area contributed by atoms with Crippen LogP contribution in [0.5, 0.6) is 0 Å². The van der Waals surface area contributed by atoms with Gasteiger partial charge < -0.3 is 5.32 Å². The molecule has 0 aliphatic heterocycles. The van der Waals surface area contributed by atoms with E-state index in [0.29, 0.717) is 20.9 Å². The fraction of sp³-hybridized carbons (Fsp3) is 0.333. The Morgan fingerprint density at radius 3 is 2.79 bits per heavy atom. The molecule has 0 radical (unpaired) electrons. The summed E-state index contributed by atoms with van der Waals surface area (Å²) in [6, 6.07) is 3.54. The molecule has 100 valence electrons. The zero-order chi connectivity index (χ0) is 14.0. The number of amides is 1. The zero-order valence-corrected chi connectivity index (χ0v) is 13.2. The molecule has 2 aromatic rings. The predicted molar refractivity (Wildman–Crippen MR) is 78.5 cm³/mol. The molecule has 0 fully saturated rings. The van der Waals surface area contributed by atoms with Gasteiger partial charge in [-0.1, -0.05) is 25.3 Å². The summed E-state index contributed by atoms with van der Waals surface area (Å²) in [5.74, 6) is -0.214. The van der Waals surface area contributed by atoms with Crippen LogP contribution in [0.4, 0.5) is 5.69 Å². The predicted octanol–water partition coefficient (Wildman–Crippen LogP) is 3.25. The normalized spacial score (nSPS) is 11.4. The maximum absolute atomic E-state index is 12.3. The Kier molecular flexibility index (Phi) is 3.96. The minimum atomic E-state index is -0.216. The lowest BCUT2D eigenvalue weighted by molar-refractivity contribution is 0.102. The molecule has 2 heterocycles. The van der Waals surface area contributed by atoms with E-state index in [1.807, 2.05) is 20.8 Å². The van der Waals surface area contributed by atoms with Crippen LogP contribution in [0, 0.1) is 0 Å². The van der Waals surface area contributed by atoms with Crippen LogP contribution in [-0.4, -0.2) is 20.5 Å². The summed E-state index contributed by atoms with van der Waals surface area (Å²) >= 11 is 4.39. The van der Waals surface area contributed by atoms with Gasteiger partial charge in [0.1, 0.15) is 9.48 Å². The molecular weight excluding hydrogens is 328 g/mol. The summed E-state index contributed by atoms with van der Waals surface area (Å²) in [5, 5.41) is 6.86. The third-order valence-electron chi connectivity index (χ3n) is 2.41. The Bertz CT molecular complexity index is 606. The molecule has 0 atom stereocenters. The van der Waals surface area contributed by atoms with Gasteiger partial charge in [0.2, 0.25) is 0 Å². The number of pyridine rings is 1. The first-order valence-electron chi connectivity index (χ1n) is 5.64. The first-order valence-corrected chi connectivity index (χ1v) is 7.21. The van der Waals surface area contributed by atoms with Gasteiger partial charge in [0.25, 0.3) is 5.91 Å². The molecule has 2 aromatic heterocycles. The molecule has 2 rings (SSSR count). The molecule has 0 aliphatic rings. The Balaban J connectivity index is 2.27. The number of aromatic nitrogens is 3. The fourth-order valence-corrected chi connectivity index (χ4v) is 2.61. The van der Waals surface area contributed by atoms with Crippen molar-refractivity contribution in [3.05, 3.63) is 33.5 Å². The highest BCUT2D eigenvalue weighted by molar-refractivity contribution is 9.10. The lowest BCUT2D eigenvalue weighted by Gasteiger charge is -2.16. The van der Waals surface area contributed by atoms with Gasteiger partial charge in [-0.05, 0) is 39.6 Å². The molecule has 1 N–H and O–H groups in total. The van der Waals surface area contributed by atoms with Crippen LogP contribution in [0.25, 0.3) is 0 Å². The molecule has 0 aromatic carbocycles. The molecule has 0 bridgehead atoms. The monoisotopic (exact) mass is 340 g/mol. The first kappa shape index (κ1) is 14.1. The van der Waals surface area contributed by atoms with Crippen LogP contribution in [0.3, 0.4) is 0 Å². The molecule has 0 aliphatic carbocycles. The van der Waals surface area contributed by atoms with Crippen molar-refractivity contribution >= 4 is 39.1 Å². The average molecular weight is 341 g/mol. The maximum atomic E-state index is 12.3. The number of nitrogens with one attached hydrogen (secondary N) is 1. The quantitative estimate of drug-likeness (QED) is 0.852. The second kappa shape index (κ2) is 5.34. The summed E-state index contributed by atoms with van der Waals surface area (Å²) in [7, 11) is 0. The summed E-state index contributed by atoms with van der Waals surface area (Å²) < 4.78 is 4.47. The smallest absolute Gasteiger partial charge is 0.269 e. The van der Waals surface area contributed by atoms with E-state index in [2.05, 4.69) is 35.8 Å². The van der Waals surface area contributed by atoms with Gasteiger partial charge in [-0.15, -0.1) is 5.10 Å². The molecule has 1 amide bonds. The summed E-state index contributed by atoms with van der Waals surface area (Å²) in [5.41, 5.74) is 1.11. The Labute approximate surface area is 123 Å². The van der Waals surface area contributed by atoms with Crippen LogP contribution < -0.4 is 5.32 Å². The molecule has 0 spiro atoms.